The number of hydrogen-bond donors (Lipinski definition) is 0. The fourth-order valence-corrected chi connectivity index (χ4v) is 4.64. The molecule has 1 atom stereocenters. The molecule has 0 spiro atoms. The Bertz CT molecular complexity index is 721. The summed E-state index contributed by atoms with van der Waals surface area (Å²) in [5, 5.41) is 17.2. The zero-order chi connectivity index (χ0) is 16.5. The minimum Gasteiger partial charge on any atom is -0.294 e. The molecule has 0 radical (unpaired) electrons. The number of rotatable bonds is 4. The molecule has 0 unspecified atom stereocenters. The predicted octanol–water partition coefficient (Wildman–Crippen LogP) is 1.81. The number of carbonyl (C=O) groups excluding carboxylic acids is 1. The Morgan fingerprint density at radius 3 is 2.79 bits per heavy atom. The van der Waals surface area contributed by atoms with E-state index in [1.165, 1.54) is 24.6 Å². The van der Waals surface area contributed by atoms with Gasteiger partial charge >= 0.3 is 0 Å². The first-order chi connectivity index (χ1) is 11.7. The molecule has 9 heteroatoms. The number of hydrogen-bond acceptors (Lipinski definition) is 6. The Labute approximate surface area is 144 Å². The standard InChI is InChI=1S/C15H21N7OS/c1-20-10-8-13(17-20)21-9-4-7-12(14(21)23)24-15-16-18-19-22(15)11-5-2-3-6-11/h8,10-12H,2-7,9H2,1H3/t12-/m0/s1. The highest BCUT2D eigenvalue weighted by Crippen LogP contribution is 2.35. The molecule has 1 aliphatic carbocycles. The van der Waals surface area contributed by atoms with Crippen LogP contribution in [0.1, 0.15) is 44.6 Å². The van der Waals surface area contributed by atoms with Gasteiger partial charge in [0, 0.05) is 25.9 Å². The molecule has 2 aliphatic rings. The van der Waals surface area contributed by atoms with Crippen LogP contribution in [0.5, 0.6) is 0 Å². The molecule has 1 aliphatic heterocycles. The SMILES string of the molecule is Cn1ccc(N2CCC[C@H](Sc3nnnn3C3CCCC3)C2=O)n1. The van der Waals surface area contributed by atoms with Gasteiger partial charge in [-0.25, -0.2) is 4.68 Å². The monoisotopic (exact) mass is 347 g/mol. The van der Waals surface area contributed by atoms with Crippen molar-refractivity contribution in [2.75, 3.05) is 11.4 Å². The summed E-state index contributed by atoms with van der Waals surface area (Å²) in [5.41, 5.74) is 0. The second kappa shape index (κ2) is 6.54. The van der Waals surface area contributed by atoms with Crippen molar-refractivity contribution in [2.45, 2.75) is 55.0 Å². The zero-order valence-electron chi connectivity index (χ0n) is 13.7. The highest BCUT2D eigenvalue weighted by molar-refractivity contribution is 8.00. The average molecular weight is 347 g/mol. The van der Waals surface area contributed by atoms with Crippen LogP contribution < -0.4 is 4.90 Å². The second-order valence-corrected chi connectivity index (χ2v) is 7.60. The first-order valence-electron chi connectivity index (χ1n) is 8.48. The van der Waals surface area contributed by atoms with Crippen LogP contribution in [0.2, 0.25) is 0 Å². The molecular weight excluding hydrogens is 326 g/mol. The Morgan fingerprint density at radius 2 is 2.04 bits per heavy atom. The molecule has 0 N–H and O–H groups in total. The number of aryl methyl sites for hydroxylation is 1. The van der Waals surface area contributed by atoms with Crippen LogP contribution in [0.3, 0.4) is 0 Å². The number of tetrazole rings is 1. The van der Waals surface area contributed by atoms with E-state index in [0.29, 0.717) is 6.04 Å². The lowest BCUT2D eigenvalue weighted by molar-refractivity contribution is -0.119. The third-order valence-corrected chi connectivity index (χ3v) is 5.95. The number of piperidine rings is 1. The van der Waals surface area contributed by atoms with Gasteiger partial charge in [-0.15, -0.1) is 5.10 Å². The molecule has 0 aromatic carbocycles. The van der Waals surface area contributed by atoms with Gasteiger partial charge in [0.15, 0.2) is 5.82 Å². The summed E-state index contributed by atoms with van der Waals surface area (Å²) < 4.78 is 3.64. The van der Waals surface area contributed by atoms with E-state index in [2.05, 4.69) is 20.6 Å². The van der Waals surface area contributed by atoms with Crippen LogP contribution in [0.4, 0.5) is 5.82 Å². The van der Waals surface area contributed by atoms with Crippen molar-refractivity contribution in [1.82, 2.24) is 30.0 Å². The lowest BCUT2D eigenvalue weighted by Gasteiger charge is -2.30. The largest absolute Gasteiger partial charge is 0.294 e. The molecule has 3 heterocycles. The molecule has 4 rings (SSSR count). The first-order valence-corrected chi connectivity index (χ1v) is 9.36. The molecule has 1 saturated carbocycles. The van der Waals surface area contributed by atoms with Crippen LogP contribution in [-0.4, -0.2) is 47.7 Å². The Kier molecular flexibility index (Phi) is 4.26. The molecule has 128 valence electrons. The Hall–Kier alpha value is -1.90. The van der Waals surface area contributed by atoms with Gasteiger partial charge in [0.1, 0.15) is 0 Å². The van der Waals surface area contributed by atoms with E-state index in [-0.39, 0.29) is 11.2 Å². The summed E-state index contributed by atoms with van der Waals surface area (Å²) in [6.07, 6.45) is 8.37. The van der Waals surface area contributed by atoms with Gasteiger partial charge < -0.3 is 0 Å². The van der Waals surface area contributed by atoms with E-state index < -0.39 is 0 Å². The highest BCUT2D eigenvalue weighted by atomic mass is 32.2. The molecular formula is C15H21N7OS. The van der Waals surface area contributed by atoms with Crippen molar-refractivity contribution >= 4 is 23.5 Å². The van der Waals surface area contributed by atoms with Gasteiger partial charge in [-0.1, -0.05) is 24.6 Å². The number of carbonyl (C=O) groups is 1. The molecule has 24 heavy (non-hydrogen) atoms. The summed E-state index contributed by atoms with van der Waals surface area (Å²) in [7, 11) is 1.86. The topological polar surface area (TPSA) is 81.7 Å². The van der Waals surface area contributed by atoms with Crippen molar-refractivity contribution < 1.29 is 4.79 Å². The maximum Gasteiger partial charge on any atom is 0.241 e. The van der Waals surface area contributed by atoms with Crippen molar-refractivity contribution in [3.63, 3.8) is 0 Å². The van der Waals surface area contributed by atoms with Gasteiger partial charge in [-0.05, 0) is 36.1 Å². The molecule has 0 bridgehead atoms. The van der Waals surface area contributed by atoms with E-state index in [1.54, 1.807) is 9.58 Å². The van der Waals surface area contributed by atoms with Crippen LogP contribution in [0.15, 0.2) is 17.4 Å². The lowest BCUT2D eigenvalue weighted by atomic mass is 10.1. The van der Waals surface area contributed by atoms with E-state index in [1.807, 2.05) is 24.0 Å². The first kappa shape index (κ1) is 15.6. The summed E-state index contributed by atoms with van der Waals surface area (Å²) in [4.78, 5) is 14.7. The summed E-state index contributed by atoms with van der Waals surface area (Å²) in [6, 6.07) is 2.26. The average Bonchev–Trinajstić information content (AvgIpc) is 3.30. The third kappa shape index (κ3) is 2.92. The second-order valence-electron chi connectivity index (χ2n) is 6.43. The fourth-order valence-electron chi connectivity index (χ4n) is 3.49. The van der Waals surface area contributed by atoms with Gasteiger partial charge in [-0.2, -0.15) is 5.10 Å². The zero-order valence-corrected chi connectivity index (χ0v) is 14.5. The molecule has 2 fully saturated rings. The molecule has 1 saturated heterocycles. The normalized spacial score (nSPS) is 22.5. The van der Waals surface area contributed by atoms with Crippen LogP contribution >= 0.6 is 11.8 Å². The predicted molar refractivity (Wildman–Crippen MR) is 89.8 cm³/mol. The molecule has 8 nitrogen and oxygen atoms in total. The minimum atomic E-state index is -0.146. The number of thioether (sulfide) groups is 1. The third-order valence-electron chi connectivity index (χ3n) is 4.75. The fraction of sp³-hybridized carbons (Fsp3) is 0.667. The maximum atomic E-state index is 12.9. The number of nitrogens with zero attached hydrogens (tertiary/aromatic N) is 7. The van der Waals surface area contributed by atoms with E-state index >= 15 is 0 Å². The van der Waals surface area contributed by atoms with Gasteiger partial charge in [0.05, 0.1) is 11.3 Å². The van der Waals surface area contributed by atoms with E-state index in [9.17, 15) is 4.79 Å². The van der Waals surface area contributed by atoms with Crippen LogP contribution in [0, 0.1) is 0 Å². The molecule has 2 aromatic heterocycles. The van der Waals surface area contributed by atoms with Crippen molar-refractivity contribution in [1.29, 1.82) is 0 Å². The van der Waals surface area contributed by atoms with Gasteiger partial charge in [0.2, 0.25) is 11.1 Å². The number of anilines is 1. The van der Waals surface area contributed by atoms with E-state index in [0.717, 1.165) is 43.2 Å². The van der Waals surface area contributed by atoms with Crippen LogP contribution in [-0.2, 0) is 11.8 Å². The quantitative estimate of drug-likeness (QED) is 0.839. The minimum absolute atomic E-state index is 0.103. The highest BCUT2D eigenvalue weighted by Gasteiger charge is 2.33. The van der Waals surface area contributed by atoms with Crippen LogP contribution in [0.25, 0.3) is 0 Å². The summed E-state index contributed by atoms with van der Waals surface area (Å²) in [5.74, 6) is 0.828. The number of amides is 1. The van der Waals surface area contributed by atoms with Gasteiger partial charge in [0.25, 0.3) is 0 Å². The summed E-state index contributed by atoms with van der Waals surface area (Å²) in [6.45, 7) is 0.723. The number of aromatic nitrogens is 6. The summed E-state index contributed by atoms with van der Waals surface area (Å²) >= 11 is 1.50. The Balaban J connectivity index is 1.50. The van der Waals surface area contributed by atoms with Crippen molar-refractivity contribution in [3.05, 3.63) is 12.3 Å². The van der Waals surface area contributed by atoms with E-state index in [4.69, 9.17) is 0 Å². The van der Waals surface area contributed by atoms with Crippen molar-refractivity contribution in [3.8, 4) is 0 Å². The molecule has 1 amide bonds. The van der Waals surface area contributed by atoms with Crippen molar-refractivity contribution in [2.24, 2.45) is 7.05 Å². The smallest absolute Gasteiger partial charge is 0.241 e. The Morgan fingerprint density at radius 1 is 1.21 bits per heavy atom. The van der Waals surface area contributed by atoms with Gasteiger partial charge in [-0.3, -0.25) is 14.4 Å². The maximum absolute atomic E-state index is 12.9. The molecule has 2 aromatic rings. The lowest BCUT2D eigenvalue weighted by Crippen LogP contribution is -2.43.